The summed E-state index contributed by atoms with van der Waals surface area (Å²) in [5.74, 6) is 2.44. The Morgan fingerprint density at radius 2 is 1.34 bits per heavy atom. The summed E-state index contributed by atoms with van der Waals surface area (Å²) in [5, 5.41) is 6.26. The highest BCUT2D eigenvalue weighted by atomic mass is 32.2. The van der Waals surface area contributed by atoms with Gasteiger partial charge in [-0.25, -0.2) is 9.98 Å². The van der Waals surface area contributed by atoms with E-state index >= 15 is 0 Å². The van der Waals surface area contributed by atoms with Gasteiger partial charge in [0.1, 0.15) is 11.7 Å². The van der Waals surface area contributed by atoms with Crippen molar-refractivity contribution in [3.05, 3.63) is 224 Å². The first-order valence-electron chi connectivity index (χ1n) is 23.0. The molecule has 316 valence electrons. The molecule has 65 heavy (non-hydrogen) atoms. The van der Waals surface area contributed by atoms with Crippen LogP contribution in [0.5, 0.6) is 0 Å². The van der Waals surface area contributed by atoms with E-state index in [-0.39, 0.29) is 17.5 Å². The fourth-order valence-electron chi connectivity index (χ4n) is 11.5. The van der Waals surface area contributed by atoms with E-state index in [4.69, 9.17) is 9.98 Å². The van der Waals surface area contributed by atoms with Crippen LogP contribution in [-0.2, 0) is 10.8 Å². The Bertz CT molecular complexity index is 3340. The van der Waals surface area contributed by atoms with Crippen LogP contribution in [0, 0.1) is 11.8 Å². The lowest BCUT2D eigenvalue weighted by Crippen LogP contribution is -2.34. The molecular weight excluding hydrogens is 809 g/mol. The quantitative estimate of drug-likeness (QED) is 0.187. The predicted octanol–water partition coefficient (Wildman–Crippen LogP) is 12.5. The average molecular weight is 859 g/mol. The monoisotopic (exact) mass is 858 g/mol. The van der Waals surface area contributed by atoms with Crippen molar-refractivity contribution < 1.29 is 0 Å². The van der Waals surface area contributed by atoms with Crippen molar-refractivity contribution in [2.24, 2.45) is 26.8 Å². The number of nitrogens with one attached hydrogen (secondary N) is 1. The fourth-order valence-corrected chi connectivity index (χ4v) is 12.7. The van der Waals surface area contributed by atoms with Crippen molar-refractivity contribution in [1.29, 1.82) is 0 Å². The molecule has 2 aliphatic carbocycles. The Hall–Kier alpha value is -6.82. The summed E-state index contributed by atoms with van der Waals surface area (Å²) in [6.45, 7) is 11.2. The molecule has 3 heterocycles. The summed E-state index contributed by atoms with van der Waals surface area (Å²) in [6, 6.07) is 59.1. The third kappa shape index (κ3) is 6.08. The molecule has 1 N–H and O–H groups in total. The van der Waals surface area contributed by atoms with Crippen molar-refractivity contribution in [2.45, 2.75) is 67.8 Å². The maximum atomic E-state index is 5.37. The van der Waals surface area contributed by atoms with Gasteiger partial charge < -0.3 is 5.32 Å². The zero-order valence-corrected chi connectivity index (χ0v) is 38.2. The van der Waals surface area contributed by atoms with E-state index in [1.165, 1.54) is 87.0 Å². The highest BCUT2D eigenvalue weighted by Gasteiger charge is 2.51. The van der Waals surface area contributed by atoms with Gasteiger partial charge in [0.25, 0.3) is 0 Å². The molecule has 4 atom stereocenters. The van der Waals surface area contributed by atoms with E-state index in [2.05, 4.69) is 215 Å². The molecule has 0 radical (unpaired) electrons. The molecule has 5 heteroatoms. The molecule has 4 unspecified atom stereocenters. The van der Waals surface area contributed by atoms with E-state index in [0.29, 0.717) is 5.92 Å². The molecule has 12 rings (SSSR count). The van der Waals surface area contributed by atoms with E-state index in [0.717, 1.165) is 29.2 Å². The van der Waals surface area contributed by atoms with Crippen molar-refractivity contribution in [1.82, 2.24) is 5.32 Å². The Balaban J connectivity index is 1.02. The number of hydrogen-bond acceptors (Lipinski definition) is 5. The maximum absolute atomic E-state index is 5.37. The van der Waals surface area contributed by atoms with Gasteiger partial charge in [0.2, 0.25) is 0 Å². The number of aliphatic imine (C=N–C) groups is 3. The standard InChI is InChI=1S/C60H50N4S/c1-36-30-42-14-6-7-17-46(42)48(31-36)40-24-26-41(27-25-40)57-62-39(4)63-58(64-57)44-28-29-50-49(33-44)56-47(43-15-12-16-45(32-43)59(5)37(2)34-61-35-38(59)3)18-13-21-53(56)60(50)51-19-8-10-22-54(51)65-55-23-11-9-20-52(55)60/h6-30,32-37,57H,31H2,1-5H3,(H,62,63,64). The molecule has 5 aliphatic rings. The van der Waals surface area contributed by atoms with Gasteiger partial charge >= 0.3 is 0 Å². The van der Waals surface area contributed by atoms with Crippen LogP contribution in [-0.4, -0.2) is 17.9 Å². The Kier molecular flexibility index (Phi) is 9.26. The Labute approximate surface area is 386 Å². The first-order chi connectivity index (χ1) is 31.7. The van der Waals surface area contributed by atoms with Crippen molar-refractivity contribution >= 4 is 41.3 Å². The van der Waals surface area contributed by atoms with Crippen LogP contribution < -0.4 is 15.8 Å². The lowest BCUT2D eigenvalue weighted by Gasteiger charge is -2.39. The molecule has 0 saturated carbocycles. The molecule has 1 spiro atoms. The summed E-state index contributed by atoms with van der Waals surface area (Å²) in [7, 11) is 0. The van der Waals surface area contributed by atoms with E-state index in [1.54, 1.807) is 0 Å². The molecule has 0 bridgehead atoms. The zero-order chi connectivity index (χ0) is 44.0. The summed E-state index contributed by atoms with van der Waals surface area (Å²) in [5.41, 5.74) is 16.9. The number of nitrogens with zero attached hydrogens (tertiary/aromatic N) is 3. The summed E-state index contributed by atoms with van der Waals surface area (Å²) in [6.07, 6.45) is 7.20. The highest BCUT2D eigenvalue weighted by Crippen LogP contribution is 2.63. The van der Waals surface area contributed by atoms with Gasteiger partial charge in [-0.05, 0) is 127 Å². The minimum Gasteiger partial charge on any atom is -0.329 e. The second-order valence-electron chi connectivity index (χ2n) is 18.7. The second-order valence-corrected chi connectivity index (χ2v) is 19.8. The van der Waals surface area contributed by atoms with Crippen LogP contribution in [0.3, 0.4) is 0 Å². The molecule has 7 aromatic rings. The van der Waals surface area contributed by atoms with Crippen LogP contribution in [0.2, 0.25) is 0 Å². The molecule has 0 fully saturated rings. The van der Waals surface area contributed by atoms with E-state index < -0.39 is 5.41 Å². The molecule has 7 aromatic carbocycles. The zero-order valence-electron chi connectivity index (χ0n) is 37.4. The van der Waals surface area contributed by atoms with E-state index in [9.17, 15) is 0 Å². The predicted molar refractivity (Wildman–Crippen MR) is 270 cm³/mol. The third-order valence-corrected chi connectivity index (χ3v) is 16.2. The van der Waals surface area contributed by atoms with Gasteiger partial charge in [0.05, 0.1) is 5.41 Å². The van der Waals surface area contributed by atoms with Gasteiger partial charge in [-0.15, -0.1) is 0 Å². The molecule has 0 amide bonds. The van der Waals surface area contributed by atoms with Gasteiger partial charge in [0.15, 0.2) is 6.17 Å². The third-order valence-electron chi connectivity index (χ3n) is 15.0. The van der Waals surface area contributed by atoms with Crippen LogP contribution in [0.4, 0.5) is 0 Å². The van der Waals surface area contributed by atoms with Crippen LogP contribution in [0.25, 0.3) is 33.9 Å². The van der Waals surface area contributed by atoms with Crippen LogP contribution >= 0.6 is 11.8 Å². The average Bonchev–Trinajstić information content (AvgIpc) is 3.63. The lowest BCUT2D eigenvalue weighted by atomic mass is 9.66. The molecule has 0 aromatic heterocycles. The second kappa shape index (κ2) is 15.1. The summed E-state index contributed by atoms with van der Waals surface area (Å²) >= 11 is 1.88. The number of fused-ring (bicyclic) bond motifs is 10. The first-order valence-corrected chi connectivity index (χ1v) is 23.8. The number of hydrogen-bond donors (Lipinski definition) is 1. The van der Waals surface area contributed by atoms with Gasteiger partial charge in [-0.1, -0.05) is 178 Å². The minimum absolute atomic E-state index is 0.168. The number of rotatable bonds is 5. The van der Waals surface area contributed by atoms with Crippen LogP contribution in [0.1, 0.15) is 91.7 Å². The van der Waals surface area contributed by atoms with E-state index in [1.807, 2.05) is 18.0 Å². The van der Waals surface area contributed by atoms with Gasteiger partial charge in [0, 0.05) is 39.1 Å². The number of amidine groups is 2. The fraction of sp³-hybridized carbons (Fsp3) is 0.183. The Morgan fingerprint density at radius 1 is 0.631 bits per heavy atom. The highest BCUT2D eigenvalue weighted by molar-refractivity contribution is 7.99. The summed E-state index contributed by atoms with van der Waals surface area (Å²) in [4.78, 5) is 17.6. The minimum atomic E-state index is -0.509. The van der Waals surface area contributed by atoms with Gasteiger partial charge in [-0.3, -0.25) is 4.99 Å². The molecule has 4 nitrogen and oxygen atoms in total. The largest absolute Gasteiger partial charge is 0.329 e. The summed E-state index contributed by atoms with van der Waals surface area (Å²) < 4.78 is 0. The van der Waals surface area contributed by atoms with Crippen LogP contribution in [0.15, 0.2) is 194 Å². The van der Waals surface area contributed by atoms with Crippen molar-refractivity contribution in [2.75, 3.05) is 0 Å². The number of allylic oxidation sites excluding steroid dienone is 1. The molecular formula is C60H50N4S. The topological polar surface area (TPSA) is 49.1 Å². The number of benzene rings is 7. The lowest BCUT2D eigenvalue weighted by molar-refractivity contribution is 0.458. The van der Waals surface area contributed by atoms with Gasteiger partial charge in [-0.2, -0.15) is 0 Å². The van der Waals surface area contributed by atoms with Crippen molar-refractivity contribution in [3.8, 4) is 22.3 Å². The normalized spacial score (nSPS) is 22.0. The SMILES string of the molecule is CC1=CN=CC(C)C1(C)c1cccc(-c2cccc3c2-c2cc(C4=NC(c5ccc(C6=c7ccccc7=CC(C)C6)cc5)N=C(C)N4)ccc2C32c3ccccc3Sc3ccccc32)c1. The molecule has 3 aliphatic heterocycles. The molecule has 0 saturated heterocycles. The maximum Gasteiger partial charge on any atom is 0.169 e. The first kappa shape index (κ1) is 39.7. The Morgan fingerprint density at radius 3 is 2.12 bits per heavy atom. The van der Waals surface area contributed by atoms with Crippen molar-refractivity contribution in [3.63, 3.8) is 0 Å². The smallest absolute Gasteiger partial charge is 0.169 e.